The molecule has 1 aliphatic heterocycles. The second kappa shape index (κ2) is 8.54. The minimum Gasteiger partial charge on any atom is -0.497 e. The molecular weight excluding hydrogens is 320 g/mol. The zero-order valence-electron chi connectivity index (χ0n) is 15.3. The standard InChI is InChI=1S/C23H26N2O/c1-4-19(16-24-15-14-18-9-11-20(26-3)12-10-18)21-6-5-7-23-22(21)13-8-17(2)25-23/h4-13,19,24-25H,1-2,14-16H2,3H3. The Labute approximate surface area is 156 Å². The molecule has 3 nitrogen and oxygen atoms in total. The van der Waals surface area contributed by atoms with Crippen LogP contribution in [0.15, 0.2) is 73.5 Å². The van der Waals surface area contributed by atoms with Gasteiger partial charge >= 0.3 is 0 Å². The van der Waals surface area contributed by atoms with Gasteiger partial charge in [0.15, 0.2) is 0 Å². The third kappa shape index (κ3) is 4.24. The van der Waals surface area contributed by atoms with Gasteiger partial charge in [0.25, 0.3) is 0 Å². The fourth-order valence-corrected chi connectivity index (χ4v) is 3.20. The number of nitrogens with one attached hydrogen (secondary N) is 2. The van der Waals surface area contributed by atoms with E-state index in [9.17, 15) is 0 Å². The van der Waals surface area contributed by atoms with Crippen LogP contribution in [0.2, 0.25) is 0 Å². The van der Waals surface area contributed by atoms with E-state index >= 15 is 0 Å². The summed E-state index contributed by atoms with van der Waals surface area (Å²) in [4.78, 5) is 0. The van der Waals surface area contributed by atoms with Crippen LogP contribution in [0.5, 0.6) is 5.75 Å². The molecule has 0 aromatic heterocycles. The number of rotatable bonds is 8. The highest BCUT2D eigenvalue weighted by Crippen LogP contribution is 2.31. The average molecular weight is 346 g/mol. The number of hydrogen-bond donors (Lipinski definition) is 2. The van der Waals surface area contributed by atoms with Crippen molar-refractivity contribution in [1.29, 1.82) is 0 Å². The van der Waals surface area contributed by atoms with Crippen LogP contribution in [0.3, 0.4) is 0 Å². The topological polar surface area (TPSA) is 33.3 Å². The summed E-state index contributed by atoms with van der Waals surface area (Å²) in [5.74, 6) is 1.16. The van der Waals surface area contributed by atoms with Gasteiger partial charge in [0, 0.05) is 29.4 Å². The third-order valence-corrected chi connectivity index (χ3v) is 4.68. The Hall–Kier alpha value is -2.78. The number of anilines is 1. The Kier molecular flexibility index (Phi) is 5.92. The van der Waals surface area contributed by atoms with Crippen molar-refractivity contribution in [2.75, 3.05) is 25.5 Å². The van der Waals surface area contributed by atoms with Gasteiger partial charge in [0.05, 0.1) is 7.11 Å². The molecule has 3 heteroatoms. The highest BCUT2D eigenvalue weighted by atomic mass is 16.5. The van der Waals surface area contributed by atoms with Gasteiger partial charge in [-0.05, 0) is 48.4 Å². The van der Waals surface area contributed by atoms with Gasteiger partial charge in [-0.2, -0.15) is 0 Å². The van der Waals surface area contributed by atoms with Gasteiger partial charge in [-0.25, -0.2) is 0 Å². The first kappa shape index (κ1) is 18.0. The highest BCUT2D eigenvalue weighted by Gasteiger charge is 2.15. The third-order valence-electron chi connectivity index (χ3n) is 4.68. The SMILES string of the molecule is C=CC(CNCCc1ccc(OC)cc1)c1cccc2c1C=CC(=C)N2. The lowest BCUT2D eigenvalue weighted by Crippen LogP contribution is -2.23. The normalized spacial score (nSPS) is 13.7. The van der Waals surface area contributed by atoms with Gasteiger partial charge in [-0.3, -0.25) is 0 Å². The quantitative estimate of drug-likeness (QED) is 0.534. The molecule has 1 heterocycles. The minimum atomic E-state index is 0.263. The predicted molar refractivity (Wildman–Crippen MR) is 111 cm³/mol. The molecule has 1 aliphatic rings. The molecule has 0 spiro atoms. The zero-order chi connectivity index (χ0) is 18.4. The molecule has 134 valence electrons. The molecule has 0 saturated heterocycles. The molecule has 0 saturated carbocycles. The van der Waals surface area contributed by atoms with Crippen molar-refractivity contribution in [3.05, 3.63) is 90.2 Å². The van der Waals surface area contributed by atoms with Crippen LogP contribution in [0.4, 0.5) is 5.69 Å². The molecule has 1 unspecified atom stereocenters. The zero-order valence-corrected chi connectivity index (χ0v) is 15.3. The van der Waals surface area contributed by atoms with E-state index < -0.39 is 0 Å². The van der Waals surface area contributed by atoms with Crippen LogP contribution in [0.1, 0.15) is 22.6 Å². The van der Waals surface area contributed by atoms with Crippen molar-refractivity contribution in [2.24, 2.45) is 0 Å². The van der Waals surface area contributed by atoms with Crippen molar-refractivity contribution in [3.63, 3.8) is 0 Å². The summed E-state index contributed by atoms with van der Waals surface area (Å²) in [6.07, 6.45) is 7.16. The average Bonchev–Trinajstić information content (AvgIpc) is 2.68. The maximum absolute atomic E-state index is 5.20. The Morgan fingerprint density at radius 2 is 1.96 bits per heavy atom. The molecule has 2 aromatic carbocycles. The molecule has 3 rings (SSSR count). The number of methoxy groups -OCH3 is 1. The first-order valence-electron chi connectivity index (χ1n) is 8.94. The molecule has 2 N–H and O–H groups in total. The van der Waals surface area contributed by atoms with Crippen LogP contribution in [0.25, 0.3) is 6.08 Å². The van der Waals surface area contributed by atoms with Crippen molar-refractivity contribution >= 4 is 11.8 Å². The molecule has 0 radical (unpaired) electrons. The van der Waals surface area contributed by atoms with Crippen LogP contribution < -0.4 is 15.4 Å². The van der Waals surface area contributed by atoms with Crippen LogP contribution in [0, 0.1) is 0 Å². The van der Waals surface area contributed by atoms with E-state index in [1.807, 2.05) is 24.3 Å². The van der Waals surface area contributed by atoms with E-state index in [0.29, 0.717) is 0 Å². The molecule has 0 aliphatic carbocycles. The van der Waals surface area contributed by atoms with Crippen LogP contribution in [-0.4, -0.2) is 20.2 Å². The van der Waals surface area contributed by atoms with Gasteiger partial charge < -0.3 is 15.4 Å². The molecule has 0 amide bonds. The van der Waals surface area contributed by atoms with Crippen molar-refractivity contribution in [3.8, 4) is 5.75 Å². The Balaban J connectivity index is 1.59. The highest BCUT2D eigenvalue weighted by molar-refractivity contribution is 5.77. The van der Waals surface area contributed by atoms with E-state index in [4.69, 9.17) is 4.74 Å². The lowest BCUT2D eigenvalue weighted by molar-refractivity contribution is 0.414. The maximum Gasteiger partial charge on any atom is 0.118 e. The molecule has 1 atom stereocenters. The summed E-state index contributed by atoms with van der Waals surface area (Å²) < 4.78 is 5.20. The van der Waals surface area contributed by atoms with Crippen molar-refractivity contribution in [1.82, 2.24) is 5.32 Å². The first-order chi connectivity index (χ1) is 12.7. The van der Waals surface area contributed by atoms with E-state index in [-0.39, 0.29) is 5.92 Å². The van der Waals surface area contributed by atoms with Gasteiger partial charge in [0.1, 0.15) is 5.75 Å². The fraction of sp³-hybridized carbons (Fsp3) is 0.217. The molecule has 2 aromatic rings. The van der Waals surface area contributed by atoms with E-state index in [1.165, 1.54) is 16.7 Å². The maximum atomic E-state index is 5.20. The van der Waals surface area contributed by atoms with Crippen LogP contribution in [-0.2, 0) is 6.42 Å². The lowest BCUT2D eigenvalue weighted by atomic mass is 9.91. The predicted octanol–water partition coefficient (Wildman–Crippen LogP) is 4.75. The van der Waals surface area contributed by atoms with Gasteiger partial charge in [0.2, 0.25) is 0 Å². The Morgan fingerprint density at radius 3 is 2.69 bits per heavy atom. The van der Waals surface area contributed by atoms with Crippen LogP contribution >= 0.6 is 0 Å². The lowest BCUT2D eigenvalue weighted by Gasteiger charge is -2.22. The summed E-state index contributed by atoms with van der Waals surface area (Å²) in [5, 5.41) is 6.89. The summed E-state index contributed by atoms with van der Waals surface area (Å²) in [6.45, 7) is 9.80. The Bertz CT molecular complexity index is 805. The number of hydrogen-bond acceptors (Lipinski definition) is 3. The van der Waals surface area contributed by atoms with E-state index in [2.05, 4.69) is 60.2 Å². The monoisotopic (exact) mass is 346 g/mol. The molecule has 26 heavy (non-hydrogen) atoms. The number of fused-ring (bicyclic) bond motifs is 1. The summed E-state index contributed by atoms with van der Waals surface area (Å²) in [7, 11) is 1.69. The minimum absolute atomic E-state index is 0.263. The van der Waals surface area contributed by atoms with Gasteiger partial charge in [-0.1, -0.05) is 43.0 Å². The molecule has 0 bridgehead atoms. The number of ether oxygens (including phenoxy) is 1. The molecule has 0 fully saturated rings. The van der Waals surface area contributed by atoms with E-state index in [1.54, 1.807) is 7.11 Å². The van der Waals surface area contributed by atoms with Gasteiger partial charge in [-0.15, -0.1) is 6.58 Å². The first-order valence-corrected chi connectivity index (χ1v) is 8.94. The summed E-state index contributed by atoms with van der Waals surface area (Å²) in [5.41, 5.74) is 5.84. The smallest absolute Gasteiger partial charge is 0.118 e. The largest absolute Gasteiger partial charge is 0.497 e. The fourth-order valence-electron chi connectivity index (χ4n) is 3.20. The van der Waals surface area contributed by atoms with Crippen molar-refractivity contribution < 1.29 is 4.74 Å². The summed E-state index contributed by atoms with van der Waals surface area (Å²) >= 11 is 0. The second-order valence-corrected chi connectivity index (χ2v) is 6.44. The second-order valence-electron chi connectivity index (χ2n) is 6.44. The number of benzene rings is 2. The van der Waals surface area contributed by atoms with E-state index in [0.717, 1.165) is 36.6 Å². The Morgan fingerprint density at radius 1 is 1.15 bits per heavy atom. The molecular formula is C23H26N2O. The van der Waals surface area contributed by atoms with Crippen molar-refractivity contribution in [2.45, 2.75) is 12.3 Å². The number of allylic oxidation sites excluding steroid dienone is 1. The summed E-state index contributed by atoms with van der Waals surface area (Å²) in [6, 6.07) is 14.6.